The number of amides is 3. The van der Waals surface area contributed by atoms with Crippen molar-refractivity contribution in [1.82, 2.24) is 20.5 Å². The van der Waals surface area contributed by atoms with Crippen molar-refractivity contribution in [3.8, 4) is 11.5 Å². The summed E-state index contributed by atoms with van der Waals surface area (Å²) in [7, 11) is 1.36. The van der Waals surface area contributed by atoms with Gasteiger partial charge >= 0.3 is 18.2 Å². The average Bonchev–Trinajstić information content (AvgIpc) is 3.66. The van der Waals surface area contributed by atoms with Crippen molar-refractivity contribution in [3.63, 3.8) is 0 Å². The minimum Gasteiger partial charge on any atom is -0.497 e. The highest BCUT2D eigenvalue weighted by Gasteiger charge is 2.64. The number of carbonyl (C=O) groups is 4. The van der Waals surface area contributed by atoms with Crippen LogP contribution >= 0.6 is 0 Å². The lowest BCUT2D eigenvalue weighted by Gasteiger charge is -2.42. The van der Waals surface area contributed by atoms with E-state index >= 15 is 4.39 Å². The van der Waals surface area contributed by atoms with E-state index in [1.807, 2.05) is 12.2 Å². The van der Waals surface area contributed by atoms with E-state index in [1.54, 1.807) is 27.7 Å². The van der Waals surface area contributed by atoms with E-state index in [0.29, 0.717) is 19.3 Å². The largest absolute Gasteiger partial charge is 0.497 e. The van der Waals surface area contributed by atoms with E-state index in [4.69, 9.17) is 18.9 Å². The van der Waals surface area contributed by atoms with Crippen molar-refractivity contribution >= 4 is 34.8 Å². The second-order valence-corrected chi connectivity index (χ2v) is 16.1. The van der Waals surface area contributed by atoms with Gasteiger partial charge in [-0.25, -0.2) is 19.0 Å². The topological polar surface area (TPSA) is 145 Å². The first kappa shape index (κ1) is 40.0. The summed E-state index contributed by atoms with van der Waals surface area (Å²) in [5, 5.41) is 5.49. The first-order valence-corrected chi connectivity index (χ1v) is 18.7. The lowest BCUT2D eigenvalue weighted by molar-refractivity contribution is -0.150. The number of rotatable bonds is 4. The molecule has 1 aromatic heterocycles. The zero-order valence-electron chi connectivity index (χ0n) is 31.9. The Morgan fingerprint density at radius 2 is 1.87 bits per heavy atom. The van der Waals surface area contributed by atoms with Crippen LogP contribution in [0.4, 0.5) is 22.4 Å². The standard InChI is InChI=1S/C39H48F4N4O8/c1-7-53-33(50)38-18-22(38)13-11-9-8-10-12-14-26(45-34(51)55-35(2,3)4)32(49)47-21-37(19-27(47)31(48)46-38)20-36(5,40)28-24-17-23(52-6)15-16-25(24)44-30(29(28)54-37)39(41,42)43/h11,13,15-17,22,26-27H,7-10,12,14,18-21H2,1-6H3,(H,45,51)(H,46,48)/t22-,26+,27+,36?,37+,38-/m1/s1. The first-order chi connectivity index (χ1) is 25.7. The molecule has 300 valence electrons. The number of nitrogens with zero attached hydrogens (tertiary/aromatic N) is 2. The SMILES string of the molecule is CCOC(=O)[C@@]12C[C@H]1C=CCCCCC[C@H](NC(=O)OC(C)(C)C)C(=O)N1C[C@]3(C[C@H]1C(=O)N2)CC(C)(F)c1c(c(C(F)(F)F)nc2ccc(OC)cc12)O3. The molecule has 55 heavy (non-hydrogen) atoms. The van der Waals surface area contributed by atoms with E-state index in [1.165, 1.54) is 25.3 Å². The Labute approximate surface area is 316 Å². The molecule has 1 aliphatic carbocycles. The van der Waals surface area contributed by atoms with Crippen molar-refractivity contribution in [2.45, 2.75) is 127 Å². The Balaban J connectivity index is 1.45. The van der Waals surface area contributed by atoms with Gasteiger partial charge in [-0.15, -0.1) is 0 Å². The number of pyridine rings is 1. The van der Waals surface area contributed by atoms with Crippen molar-refractivity contribution in [2.75, 3.05) is 20.3 Å². The summed E-state index contributed by atoms with van der Waals surface area (Å²) in [6, 6.07) is 1.44. The normalized spacial score (nSPS) is 29.9. The van der Waals surface area contributed by atoms with E-state index < -0.39 is 101 Å². The second-order valence-electron chi connectivity index (χ2n) is 16.1. The third-order valence-corrected chi connectivity index (χ3v) is 10.6. The predicted octanol–water partition coefficient (Wildman–Crippen LogP) is 6.42. The van der Waals surface area contributed by atoms with E-state index in [0.717, 1.165) is 18.2 Å². The monoisotopic (exact) mass is 776 g/mol. The highest BCUT2D eigenvalue weighted by molar-refractivity contribution is 5.97. The molecule has 12 nitrogen and oxygen atoms in total. The fourth-order valence-electron chi connectivity index (χ4n) is 8.19. The first-order valence-electron chi connectivity index (χ1n) is 18.7. The maximum absolute atomic E-state index is 17.4. The molecule has 6 atom stereocenters. The quantitative estimate of drug-likeness (QED) is 0.204. The number of hydrogen-bond donors (Lipinski definition) is 2. The maximum Gasteiger partial charge on any atom is 0.437 e. The molecule has 6 rings (SSSR count). The van der Waals surface area contributed by atoms with Gasteiger partial charge in [-0.1, -0.05) is 25.0 Å². The molecule has 1 saturated carbocycles. The van der Waals surface area contributed by atoms with Crippen LogP contribution in [-0.2, 0) is 35.7 Å². The number of alkyl halides is 4. The number of benzene rings is 1. The van der Waals surface area contributed by atoms with Gasteiger partial charge in [0.1, 0.15) is 40.2 Å². The van der Waals surface area contributed by atoms with Crippen LogP contribution in [0.3, 0.4) is 0 Å². The number of ether oxygens (including phenoxy) is 4. The van der Waals surface area contributed by atoms with Gasteiger partial charge in [0.15, 0.2) is 11.4 Å². The summed E-state index contributed by atoms with van der Waals surface area (Å²) in [6.45, 7) is 7.26. The molecule has 16 heteroatoms. The molecule has 2 aromatic rings. The highest BCUT2D eigenvalue weighted by atomic mass is 19.4. The summed E-state index contributed by atoms with van der Waals surface area (Å²) in [6.07, 6.45) is -0.203. The molecule has 0 radical (unpaired) electrons. The fraction of sp³-hybridized carbons (Fsp3) is 0.615. The molecule has 3 aliphatic heterocycles. The molecule has 1 aromatic carbocycles. The van der Waals surface area contributed by atoms with E-state index in [9.17, 15) is 32.3 Å². The molecule has 3 amide bonds. The Morgan fingerprint density at radius 3 is 2.55 bits per heavy atom. The second kappa shape index (κ2) is 14.5. The summed E-state index contributed by atoms with van der Waals surface area (Å²) < 4.78 is 84.0. The van der Waals surface area contributed by atoms with Gasteiger partial charge in [0, 0.05) is 29.7 Å². The number of methoxy groups -OCH3 is 1. The number of allylic oxidation sites excluding steroid dienone is 1. The van der Waals surface area contributed by atoms with Gasteiger partial charge < -0.3 is 34.5 Å². The number of nitrogens with one attached hydrogen (secondary N) is 2. The van der Waals surface area contributed by atoms with Crippen LogP contribution < -0.4 is 20.1 Å². The van der Waals surface area contributed by atoms with Gasteiger partial charge in [-0.05, 0) is 78.5 Å². The third-order valence-electron chi connectivity index (χ3n) is 10.6. The number of carbonyl (C=O) groups excluding carboxylic acids is 4. The van der Waals surface area contributed by atoms with Crippen LogP contribution in [0.1, 0.15) is 97.2 Å². The van der Waals surface area contributed by atoms with Gasteiger partial charge in [0.05, 0.1) is 25.8 Å². The minimum atomic E-state index is -5.08. The molecule has 4 aliphatic rings. The van der Waals surface area contributed by atoms with Gasteiger partial charge in [-0.2, -0.15) is 13.2 Å². The lowest BCUT2D eigenvalue weighted by atomic mass is 9.78. The number of hydrogen-bond acceptors (Lipinski definition) is 9. The molecule has 1 saturated heterocycles. The van der Waals surface area contributed by atoms with Crippen LogP contribution in [0.15, 0.2) is 30.4 Å². The van der Waals surface area contributed by atoms with Crippen LogP contribution in [-0.4, -0.2) is 82.8 Å². The molecular formula is C39H48F4N4O8. The number of alkyl carbamates (subject to hydrolysis) is 1. The molecular weight excluding hydrogens is 728 g/mol. The molecule has 4 heterocycles. The summed E-state index contributed by atoms with van der Waals surface area (Å²) >= 11 is 0. The Kier molecular flexibility index (Phi) is 10.5. The van der Waals surface area contributed by atoms with Gasteiger partial charge in [0.2, 0.25) is 11.8 Å². The fourth-order valence-corrected chi connectivity index (χ4v) is 8.19. The Morgan fingerprint density at radius 1 is 1.13 bits per heavy atom. The summed E-state index contributed by atoms with van der Waals surface area (Å²) in [5.74, 6) is -3.19. The number of fused-ring (bicyclic) bond motifs is 5. The van der Waals surface area contributed by atoms with E-state index in [-0.39, 0.29) is 41.7 Å². The summed E-state index contributed by atoms with van der Waals surface area (Å²) in [4.78, 5) is 60.4. The molecule has 1 unspecified atom stereocenters. The predicted molar refractivity (Wildman–Crippen MR) is 191 cm³/mol. The Bertz CT molecular complexity index is 1900. The summed E-state index contributed by atoms with van der Waals surface area (Å²) in [5.41, 5.74) is -8.68. The zero-order chi connectivity index (χ0) is 40.1. The maximum atomic E-state index is 17.4. The van der Waals surface area contributed by atoms with Crippen LogP contribution in [0.2, 0.25) is 0 Å². The van der Waals surface area contributed by atoms with Crippen LogP contribution in [0.5, 0.6) is 11.5 Å². The minimum absolute atomic E-state index is 0.0422. The van der Waals surface area contributed by atoms with Crippen LogP contribution in [0.25, 0.3) is 10.9 Å². The van der Waals surface area contributed by atoms with Gasteiger partial charge in [-0.3, -0.25) is 9.59 Å². The lowest BCUT2D eigenvalue weighted by Crippen LogP contribution is -2.57. The third kappa shape index (κ3) is 8.04. The Hall–Kier alpha value is -4.63. The zero-order valence-corrected chi connectivity index (χ0v) is 31.9. The highest BCUT2D eigenvalue weighted by Crippen LogP contribution is 2.56. The van der Waals surface area contributed by atoms with Crippen molar-refractivity contribution in [1.29, 1.82) is 0 Å². The smallest absolute Gasteiger partial charge is 0.437 e. The molecule has 2 fully saturated rings. The average molecular weight is 777 g/mol. The number of aromatic nitrogens is 1. The van der Waals surface area contributed by atoms with Crippen molar-refractivity contribution in [3.05, 3.63) is 41.6 Å². The number of esters is 1. The van der Waals surface area contributed by atoms with Crippen molar-refractivity contribution < 1.29 is 55.7 Å². The van der Waals surface area contributed by atoms with Crippen LogP contribution in [0, 0.1) is 5.92 Å². The molecule has 1 spiro atoms. The molecule has 2 N–H and O–H groups in total. The van der Waals surface area contributed by atoms with Gasteiger partial charge in [0.25, 0.3) is 0 Å². The van der Waals surface area contributed by atoms with E-state index in [2.05, 4.69) is 15.6 Å². The van der Waals surface area contributed by atoms with Crippen molar-refractivity contribution in [2.24, 2.45) is 5.92 Å². The number of halogens is 4. The molecule has 0 bridgehead atoms.